The first-order chi connectivity index (χ1) is 11.2. The van der Waals surface area contributed by atoms with Crippen molar-refractivity contribution in [3.63, 3.8) is 0 Å². The van der Waals surface area contributed by atoms with Crippen LogP contribution >= 0.6 is 24.0 Å². The molecule has 0 aromatic rings. The summed E-state index contributed by atoms with van der Waals surface area (Å²) in [6.07, 6.45) is 10.7. The second-order valence-corrected chi connectivity index (χ2v) is 7.20. The molecule has 1 aliphatic heterocycles. The van der Waals surface area contributed by atoms with E-state index in [-0.39, 0.29) is 24.0 Å². The number of likely N-dealkylation sites (tertiary alicyclic amines) is 1. The van der Waals surface area contributed by atoms with Crippen LogP contribution in [0.25, 0.3) is 0 Å². The Morgan fingerprint density at radius 1 is 1.21 bits per heavy atom. The van der Waals surface area contributed by atoms with Crippen molar-refractivity contribution in [1.82, 2.24) is 15.1 Å². The molecule has 2 fully saturated rings. The number of nitrogens with two attached hydrogens (primary N) is 1. The van der Waals surface area contributed by atoms with Crippen molar-refractivity contribution in [2.24, 2.45) is 10.7 Å². The fourth-order valence-electron chi connectivity index (χ4n) is 4.03. The SMILES string of the molecule is CCN1CCCC1CN=C(N)NCCCN(C)C1CCCCC1.I. The summed E-state index contributed by atoms with van der Waals surface area (Å²) in [7, 11) is 2.27. The van der Waals surface area contributed by atoms with Crippen LogP contribution in [-0.2, 0) is 0 Å². The van der Waals surface area contributed by atoms with Crippen LogP contribution in [0.5, 0.6) is 0 Å². The normalized spacial score (nSPS) is 23.5. The molecule has 0 bridgehead atoms. The predicted molar refractivity (Wildman–Crippen MR) is 114 cm³/mol. The Bertz CT molecular complexity index is 357. The summed E-state index contributed by atoms with van der Waals surface area (Å²) in [6.45, 7) is 7.49. The smallest absolute Gasteiger partial charge is 0.188 e. The van der Waals surface area contributed by atoms with Crippen molar-refractivity contribution in [1.29, 1.82) is 0 Å². The number of hydrogen-bond donors (Lipinski definition) is 2. The molecule has 0 amide bonds. The van der Waals surface area contributed by atoms with E-state index in [2.05, 4.69) is 34.1 Å². The Hall–Kier alpha value is -0.0800. The summed E-state index contributed by atoms with van der Waals surface area (Å²) in [6, 6.07) is 1.40. The number of halogens is 1. The fraction of sp³-hybridized carbons (Fsp3) is 0.944. The molecule has 5 nitrogen and oxygen atoms in total. The van der Waals surface area contributed by atoms with Gasteiger partial charge in [-0.2, -0.15) is 0 Å². The van der Waals surface area contributed by atoms with Crippen molar-refractivity contribution in [2.45, 2.75) is 70.4 Å². The third kappa shape index (κ3) is 7.44. The van der Waals surface area contributed by atoms with Gasteiger partial charge in [-0.3, -0.25) is 9.89 Å². The first-order valence-corrected chi connectivity index (χ1v) is 9.68. The molecule has 0 aromatic carbocycles. The molecular formula is C18H38IN5. The van der Waals surface area contributed by atoms with Gasteiger partial charge in [-0.25, -0.2) is 0 Å². The summed E-state index contributed by atoms with van der Waals surface area (Å²) in [5.41, 5.74) is 6.01. The molecule has 2 rings (SSSR count). The van der Waals surface area contributed by atoms with E-state index in [9.17, 15) is 0 Å². The topological polar surface area (TPSA) is 56.9 Å². The van der Waals surface area contributed by atoms with E-state index in [1.54, 1.807) is 0 Å². The molecule has 1 heterocycles. The minimum absolute atomic E-state index is 0. The van der Waals surface area contributed by atoms with Crippen LogP contribution < -0.4 is 11.1 Å². The van der Waals surface area contributed by atoms with Crippen LogP contribution in [0.15, 0.2) is 4.99 Å². The average Bonchev–Trinajstić information content (AvgIpc) is 3.05. The Balaban J connectivity index is 0.00000288. The van der Waals surface area contributed by atoms with E-state index >= 15 is 0 Å². The van der Waals surface area contributed by atoms with E-state index < -0.39 is 0 Å². The molecule has 1 atom stereocenters. The molecule has 6 heteroatoms. The van der Waals surface area contributed by atoms with Crippen molar-refractivity contribution in [3.8, 4) is 0 Å². The molecule has 3 N–H and O–H groups in total. The maximum atomic E-state index is 6.01. The van der Waals surface area contributed by atoms with Crippen molar-refractivity contribution < 1.29 is 0 Å². The minimum Gasteiger partial charge on any atom is -0.370 e. The van der Waals surface area contributed by atoms with Crippen molar-refractivity contribution in [3.05, 3.63) is 0 Å². The van der Waals surface area contributed by atoms with Crippen LogP contribution in [0.3, 0.4) is 0 Å². The second kappa shape index (κ2) is 12.3. The van der Waals surface area contributed by atoms with Crippen LogP contribution in [0, 0.1) is 0 Å². The third-order valence-corrected chi connectivity index (χ3v) is 5.57. The van der Waals surface area contributed by atoms with Gasteiger partial charge in [0, 0.05) is 18.6 Å². The Morgan fingerprint density at radius 3 is 2.67 bits per heavy atom. The second-order valence-electron chi connectivity index (χ2n) is 7.20. The van der Waals surface area contributed by atoms with Crippen LogP contribution in [0.4, 0.5) is 0 Å². The summed E-state index contributed by atoms with van der Waals surface area (Å²) in [5.74, 6) is 0.619. The monoisotopic (exact) mass is 451 g/mol. The van der Waals surface area contributed by atoms with Crippen LogP contribution in [-0.4, -0.2) is 67.6 Å². The lowest BCUT2D eigenvalue weighted by Gasteiger charge is -2.31. The maximum absolute atomic E-state index is 6.01. The summed E-state index contributed by atoms with van der Waals surface area (Å²) < 4.78 is 0. The summed E-state index contributed by atoms with van der Waals surface area (Å²) in [5, 5.41) is 3.28. The van der Waals surface area contributed by atoms with Crippen molar-refractivity contribution >= 4 is 29.9 Å². The summed E-state index contributed by atoms with van der Waals surface area (Å²) >= 11 is 0. The molecule has 1 unspecified atom stereocenters. The van der Waals surface area contributed by atoms with Gasteiger partial charge in [0.1, 0.15) is 0 Å². The van der Waals surface area contributed by atoms with E-state index in [4.69, 9.17) is 5.73 Å². The third-order valence-electron chi connectivity index (χ3n) is 5.57. The largest absolute Gasteiger partial charge is 0.370 e. The highest BCUT2D eigenvalue weighted by atomic mass is 127. The molecule has 2 aliphatic rings. The lowest BCUT2D eigenvalue weighted by atomic mass is 9.94. The van der Waals surface area contributed by atoms with E-state index in [0.717, 1.165) is 38.6 Å². The van der Waals surface area contributed by atoms with E-state index in [0.29, 0.717) is 12.0 Å². The predicted octanol–water partition coefficient (Wildman–Crippen LogP) is 2.65. The Kier molecular flexibility index (Phi) is 11.3. The fourth-order valence-corrected chi connectivity index (χ4v) is 4.03. The zero-order valence-electron chi connectivity index (χ0n) is 15.7. The average molecular weight is 451 g/mol. The van der Waals surface area contributed by atoms with Gasteiger partial charge in [0.15, 0.2) is 5.96 Å². The van der Waals surface area contributed by atoms with Gasteiger partial charge >= 0.3 is 0 Å². The number of guanidine groups is 1. The van der Waals surface area contributed by atoms with Crippen LogP contribution in [0.2, 0.25) is 0 Å². The zero-order valence-corrected chi connectivity index (χ0v) is 18.0. The van der Waals surface area contributed by atoms with Gasteiger partial charge in [-0.05, 0) is 58.8 Å². The van der Waals surface area contributed by atoms with Gasteiger partial charge in [0.2, 0.25) is 0 Å². The van der Waals surface area contributed by atoms with Gasteiger partial charge < -0.3 is 16.0 Å². The molecule has 24 heavy (non-hydrogen) atoms. The highest BCUT2D eigenvalue weighted by Gasteiger charge is 2.22. The molecular weight excluding hydrogens is 413 g/mol. The number of hydrogen-bond acceptors (Lipinski definition) is 3. The Labute approximate surface area is 165 Å². The zero-order chi connectivity index (χ0) is 16.5. The molecule has 0 aromatic heterocycles. The van der Waals surface area contributed by atoms with E-state index in [1.807, 2.05) is 0 Å². The number of rotatable bonds is 8. The van der Waals surface area contributed by atoms with Gasteiger partial charge in [-0.15, -0.1) is 24.0 Å². The number of likely N-dealkylation sites (N-methyl/N-ethyl adjacent to an activating group) is 1. The molecule has 0 spiro atoms. The lowest BCUT2D eigenvalue weighted by Crippen LogP contribution is -2.38. The molecule has 1 saturated carbocycles. The Morgan fingerprint density at radius 2 is 1.96 bits per heavy atom. The maximum Gasteiger partial charge on any atom is 0.188 e. The first-order valence-electron chi connectivity index (χ1n) is 9.68. The number of nitrogens with one attached hydrogen (secondary N) is 1. The standard InChI is InChI=1S/C18H37N5.HI/c1-3-23-14-7-11-17(23)15-21-18(19)20-12-8-13-22(2)16-9-5-4-6-10-16;/h16-17H,3-15H2,1-2H3,(H3,19,20,21);1H. The molecule has 1 saturated heterocycles. The first kappa shape index (κ1) is 22.0. The molecule has 0 radical (unpaired) electrons. The van der Waals surface area contributed by atoms with Gasteiger partial charge in [-0.1, -0.05) is 26.2 Å². The quantitative estimate of drug-likeness (QED) is 0.258. The minimum atomic E-state index is 0. The number of aliphatic imine (C=N–C) groups is 1. The lowest BCUT2D eigenvalue weighted by molar-refractivity contribution is 0.190. The highest BCUT2D eigenvalue weighted by Crippen LogP contribution is 2.21. The summed E-state index contributed by atoms with van der Waals surface area (Å²) in [4.78, 5) is 9.58. The molecule has 1 aliphatic carbocycles. The van der Waals surface area contributed by atoms with Gasteiger partial charge in [0.25, 0.3) is 0 Å². The van der Waals surface area contributed by atoms with Gasteiger partial charge in [0.05, 0.1) is 6.54 Å². The number of nitrogens with zero attached hydrogens (tertiary/aromatic N) is 3. The van der Waals surface area contributed by atoms with Crippen molar-refractivity contribution in [2.75, 3.05) is 39.8 Å². The van der Waals surface area contributed by atoms with E-state index in [1.165, 1.54) is 51.5 Å². The highest BCUT2D eigenvalue weighted by molar-refractivity contribution is 14.0. The molecule has 142 valence electrons. The van der Waals surface area contributed by atoms with Crippen LogP contribution in [0.1, 0.15) is 58.3 Å².